The molecule has 3 saturated heterocycles. The van der Waals surface area contributed by atoms with Gasteiger partial charge in [-0.15, -0.1) is 0 Å². The zero-order valence-corrected chi connectivity index (χ0v) is 25.2. The number of phenolic OH excluding ortho intramolecular Hbond substituents is 1. The van der Waals surface area contributed by atoms with Gasteiger partial charge in [-0.25, -0.2) is 13.8 Å². The van der Waals surface area contributed by atoms with Crippen molar-refractivity contribution in [2.24, 2.45) is 26.8 Å². The zero-order chi connectivity index (χ0) is 30.1. The summed E-state index contributed by atoms with van der Waals surface area (Å²) in [6.07, 6.45) is 8.04. The molecule has 0 radical (unpaired) electrons. The van der Waals surface area contributed by atoms with E-state index < -0.39 is 12.0 Å². The third-order valence-corrected chi connectivity index (χ3v) is 9.48. The second-order valence-electron chi connectivity index (χ2n) is 12.2. The maximum Gasteiger partial charge on any atom is 0.313 e. The lowest BCUT2D eigenvalue weighted by Gasteiger charge is -2.34. The van der Waals surface area contributed by atoms with Gasteiger partial charge in [-0.2, -0.15) is 4.99 Å². The molecule has 7 nitrogen and oxygen atoms in total. The summed E-state index contributed by atoms with van der Waals surface area (Å²) in [5.41, 5.74) is 0.953. The van der Waals surface area contributed by atoms with Crippen LogP contribution in [-0.2, 0) is 4.74 Å². The molecule has 5 aliphatic rings. The quantitative estimate of drug-likeness (QED) is 0.386. The molecule has 0 spiro atoms. The van der Waals surface area contributed by atoms with Crippen molar-refractivity contribution in [1.29, 1.82) is 0 Å². The van der Waals surface area contributed by atoms with E-state index in [9.17, 15) is 9.50 Å². The van der Waals surface area contributed by atoms with Crippen molar-refractivity contribution in [2.45, 2.75) is 50.7 Å². The number of piperidine rings is 1. The van der Waals surface area contributed by atoms with E-state index in [1.165, 1.54) is 51.5 Å². The summed E-state index contributed by atoms with van der Waals surface area (Å²) in [7, 11) is 1.47. The molecule has 4 fully saturated rings. The second-order valence-corrected chi connectivity index (χ2v) is 12.6. The van der Waals surface area contributed by atoms with E-state index in [-0.39, 0.29) is 24.0 Å². The van der Waals surface area contributed by atoms with Crippen LogP contribution < -0.4 is 0 Å². The number of phenols is 1. The lowest BCUT2D eigenvalue weighted by Crippen LogP contribution is -2.42. The van der Waals surface area contributed by atoms with E-state index >= 15 is 4.39 Å². The van der Waals surface area contributed by atoms with Crippen molar-refractivity contribution in [1.82, 2.24) is 9.80 Å². The Labute approximate surface area is 256 Å². The Bertz CT molecular complexity index is 1500. The van der Waals surface area contributed by atoms with Gasteiger partial charge in [-0.3, -0.25) is 9.89 Å². The molecule has 2 bridgehead atoms. The van der Waals surface area contributed by atoms with Crippen molar-refractivity contribution in [3.63, 3.8) is 0 Å². The number of hydrogen-bond acceptors (Lipinski definition) is 7. The third-order valence-electron chi connectivity index (χ3n) is 9.16. The summed E-state index contributed by atoms with van der Waals surface area (Å²) in [4.78, 5) is 17.8. The number of halogens is 3. The van der Waals surface area contributed by atoms with Crippen molar-refractivity contribution in [2.75, 3.05) is 39.8 Å². The first-order valence-corrected chi connectivity index (χ1v) is 15.5. The Hall–Kier alpha value is -3.30. The van der Waals surface area contributed by atoms with Crippen LogP contribution in [0.15, 0.2) is 63.3 Å². The van der Waals surface area contributed by atoms with Crippen LogP contribution in [-0.4, -0.2) is 85.0 Å². The van der Waals surface area contributed by atoms with Crippen LogP contribution in [0.25, 0.3) is 16.5 Å². The molecule has 4 heterocycles. The molecule has 1 aliphatic carbocycles. The molecule has 2 aromatic rings. The highest BCUT2D eigenvalue weighted by atomic mass is 35.5. The van der Waals surface area contributed by atoms with E-state index in [0.29, 0.717) is 57.2 Å². The average molecular weight is 610 g/mol. The molecule has 1 N–H and O–H groups in total. The molecule has 228 valence electrons. The number of aliphatic imine (C=N–C) groups is 3. The Morgan fingerprint density at radius 1 is 1.09 bits per heavy atom. The SMILES string of the molecule is C=C1C=N/C(c2cc(O)cc3cccc(Cl)c23)=C(/F)CN=C(OC)/N=C\1N1CC2CCC(C2)C1.FC1CC2CCCN2C1. The number of aromatic hydroxyl groups is 1. The number of nitrogens with zero attached hydrogens (tertiary/aromatic N) is 5. The number of alkyl halides is 1. The largest absolute Gasteiger partial charge is 0.508 e. The van der Waals surface area contributed by atoms with Gasteiger partial charge in [0.05, 0.1) is 13.7 Å². The number of rotatable bonds is 1. The zero-order valence-electron chi connectivity index (χ0n) is 24.5. The van der Waals surface area contributed by atoms with Crippen molar-refractivity contribution in [3.05, 3.63) is 58.9 Å². The van der Waals surface area contributed by atoms with Gasteiger partial charge in [0.1, 0.15) is 29.3 Å². The molecular formula is C33H38ClF2N5O2. The smallest absolute Gasteiger partial charge is 0.313 e. The van der Waals surface area contributed by atoms with Gasteiger partial charge in [0, 0.05) is 53.4 Å². The van der Waals surface area contributed by atoms with E-state index in [4.69, 9.17) is 16.3 Å². The maximum atomic E-state index is 15.5. The first kappa shape index (κ1) is 29.8. The lowest BCUT2D eigenvalue weighted by atomic mass is 9.98. The molecule has 10 heteroatoms. The highest BCUT2D eigenvalue weighted by Gasteiger charge is 2.36. The normalized spacial score (nSPS) is 30.4. The Kier molecular flexibility index (Phi) is 8.82. The Balaban J connectivity index is 0.000000310. The van der Waals surface area contributed by atoms with E-state index in [0.717, 1.165) is 26.1 Å². The van der Waals surface area contributed by atoms with E-state index in [1.807, 2.05) is 6.07 Å². The monoisotopic (exact) mass is 609 g/mol. The first-order chi connectivity index (χ1) is 20.8. The number of hydrogen-bond donors (Lipinski definition) is 1. The van der Waals surface area contributed by atoms with Crippen LogP contribution in [0.1, 0.15) is 44.1 Å². The van der Waals surface area contributed by atoms with Crippen molar-refractivity contribution in [3.8, 4) is 5.75 Å². The van der Waals surface area contributed by atoms with E-state index in [1.54, 1.807) is 18.2 Å². The predicted molar refractivity (Wildman–Crippen MR) is 170 cm³/mol. The van der Waals surface area contributed by atoms with Crippen LogP contribution in [0.5, 0.6) is 5.75 Å². The van der Waals surface area contributed by atoms with E-state index in [2.05, 4.69) is 31.4 Å². The average Bonchev–Trinajstić information content (AvgIpc) is 3.67. The van der Waals surface area contributed by atoms with Crippen molar-refractivity contribution >= 4 is 46.1 Å². The third kappa shape index (κ3) is 6.48. The first-order valence-electron chi connectivity index (χ1n) is 15.1. The highest BCUT2D eigenvalue weighted by Crippen LogP contribution is 2.38. The van der Waals surface area contributed by atoms with Crippen LogP contribution in [0.4, 0.5) is 8.78 Å². The fourth-order valence-electron chi connectivity index (χ4n) is 7.24. The Morgan fingerprint density at radius 3 is 2.63 bits per heavy atom. The molecule has 43 heavy (non-hydrogen) atoms. The fourth-order valence-corrected chi connectivity index (χ4v) is 7.52. The van der Waals surface area contributed by atoms with Crippen LogP contribution in [0, 0.1) is 11.8 Å². The van der Waals surface area contributed by atoms with Crippen molar-refractivity contribution < 1.29 is 18.6 Å². The minimum absolute atomic E-state index is 0.0108. The fraction of sp³-hybridized carbons (Fsp3) is 0.485. The molecular weight excluding hydrogens is 572 g/mol. The van der Waals surface area contributed by atoms with Crippen LogP contribution in [0.3, 0.4) is 0 Å². The minimum atomic E-state index is -0.597. The molecule has 4 aliphatic heterocycles. The van der Waals surface area contributed by atoms with Gasteiger partial charge in [-0.1, -0.05) is 30.3 Å². The number of fused-ring (bicyclic) bond motifs is 4. The van der Waals surface area contributed by atoms with Gasteiger partial charge in [-0.05, 0) is 80.5 Å². The van der Waals surface area contributed by atoms with Gasteiger partial charge in [0.2, 0.25) is 0 Å². The minimum Gasteiger partial charge on any atom is -0.508 e. The van der Waals surface area contributed by atoms with Gasteiger partial charge in [0.15, 0.2) is 0 Å². The topological polar surface area (TPSA) is 73.0 Å². The summed E-state index contributed by atoms with van der Waals surface area (Å²) in [6.45, 7) is 7.51. The van der Waals surface area contributed by atoms with Crippen LogP contribution in [0.2, 0.25) is 5.02 Å². The molecule has 1 saturated carbocycles. The number of ether oxygens (including phenoxy) is 1. The Morgan fingerprint density at radius 2 is 1.88 bits per heavy atom. The lowest BCUT2D eigenvalue weighted by molar-refractivity contribution is 0.253. The standard InChI is InChI=1S/C26H26ClFN4O2.C7H12FN/c1-15-11-29-24(20-10-19(33)9-18-4-3-5-21(27)23(18)20)22(28)12-30-26(34-2)31-25(15)32-13-16-6-7-17(8-16)14-32;8-6-4-7-2-1-3-9(7)5-6/h3-5,9-11,16-17,33H,1,6-8,12-14H2,2H3;6-7H,1-5H2/b24-22+,29-11?,30-26?,31-25+;. The summed E-state index contributed by atoms with van der Waals surface area (Å²) in [5.74, 6) is 1.31. The number of benzene rings is 2. The second kappa shape index (κ2) is 12.7. The molecule has 4 unspecified atom stereocenters. The maximum absolute atomic E-state index is 15.5. The molecule has 7 rings (SSSR count). The van der Waals surface area contributed by atoms with Gasteiger partial charge in [0.25, 0.3) is 0 Å². The molecule has 0 amide bonds. The summed E-state index contributed by atoms with van der Waals surface area (Å²) >= 11 is 6.48. The highest BCUT2D eigenvalue weighted by molar-refractivity contribution is 6.36. The van der Waals surface area contributed by atoms with Crippen LogP contribution >= 0.6 is 11.6 Å². The predicted octanol–water partition coefficient (Wildman–Crippen LogP) is 6.80. The molecule has 0 aromatic heterocycles. The molecule has 2 aromatic carbocycles. The summed E-state index contributed by atoms with van der Waals surface area (Å²) < 4.78 is 33.4. The van der Waals surface area contributed by atoms with Gasteiger partial charge < -0.3 is 14.7 Å². The number of amidine groups is 2. The summed E-state index contributed by atoms with van der Waals surface area (Å²) in [6, 6.07) is 9.05. The van der Waals surface area contributed by atoms with Gasteiger partial charge >= 0.3 is 6.02 Å². The number of likely N-dealkylation sites (tertiary alicyclic amines) is 1. The molecule has 4 atom stereocenters. The summed E-state index contributed by atoms with van der Waals surface area (Å²) in [5, 5.41) is 12.0. The number of methoxy groups -OCH3 is 1.